The number of thioether (sulfide) groups is 1. The average Bonchev–Trinajstić information content (AvgIpc) is 2.54. The Kier molecular flexibility index (Phi) is 6.07. The van der Waals surface area contributed by atoms with Crippen molar-refractivity contribution >= 4 is 23.6 Å². The van der Waals surface area contributed by atoms with Crippen LogP contribution in [0.2, 0.25) is 0 Å². The molecular formula is C17H21NO3S. The van der Waals surface area contributed by atoms with Gasteiger partial charge in [0, 0.05) is 10.8 Å². The molecule has 0 saturated heterocycles. The number of aliphatic carboxylic acids is 1. The lowest BCUT2D eigenvalue weighted by Crippen LogP contribution is -2.35. The number of rotatable bonds is 6. The van der Waals surface area contributed by atoms with Gasteiger partial charge in [0.1, 0.15) is 0 Å². The lowest BCUT2D eigenvalue weighted by Gasteiger charge is -2.23. The maximum atomic E-state index is 12.3. The topological polar surface area (TPSA) is 66.4 Å². The van der Waals surface area contributed by atoms with Gasteiger partial charge < -0.3 is 10.4 Å². The van der Waals surface area contributed by atoms with Crippen LogP contribution >= 0.6 is 11.8 Å². The first-order chi connectivity index (χ1) is 10.6. The van der Waals surface area contributed by atoms with Crippen molar-refractivity contribution in [1.29, 1.82) is 0 Å². The van der Waals surface area contributed by atoms with E-state index in [1.807, 2.05) is 36.6 Å². The molecule has 0 saturated carbocycles. The van der Waals surface area contributed by atoms with Crippen molar-refractivity contribution in [3.05, 3.63) is 42.0 Å². The van der Waals surface area contributed by atoms with Gasteiger partial charge in [0.25, 0.3) is 0 Å². The summed E-state index contributed by atoms with van der Waals surface area (Å²) >= 11 is 1.63. The van der Waals surface area contributed by atoms with E-state index >= 15 is 0 Å². The van der Waals surface area contributed by atoms with Crippen molar-refractivity contribution in [2.75, 3.05) is 6.26 Å². The summed E-state index contributed by atoms with van der Waals surface area (Å²) < 4.78 is 0. The first kappa shape index (κ1) is 16.6. The van der Waals surface area contributed by atoms with E-state index in [0.29, 0.717) is 0 Å². The molecule has 1 aliphatic carbocycles. The minimum atomic E-state index is -0.914. The number of nitrogens with one attached hydrogen (secondary N) is 1. The smallest absolute Gasteiger partial charge is 0.305 e. The Hall–Kier alpha value is -1.75. The molecule has 0 radical (unpaired) electrons. The van der Waals surface area contributed by atoms with Gasteiger partial charge in [-0.25, -0.2) is 0 Å². The highest BCUT2D eigenvalue weighted by molar-refractivity contribution is 7.98. The molecule has 118 valence electrons. The molecule has 0 unspecified atom stereocenters. The molecule has 1 amide bonds. The van der Waals surface area contributed by atoms with Gasteiger partial charge in [0.2, 0.25) is 5.91 Å². The average molecular weight is 319 g/mol. The Labute approximate surface area is 135 Å². The highest BCUT2D eigenvalue weighted by atomic mass is 32.2. The molecule has 0 bridgehead atoms. The van der Waals surface area contributed by atoms with E-state index in [2.05, 4.69) is 11.4 Å². The van der Waals surface area contributed by atoms with Gasteiger partial charge >= 0.3 is 5.97 Å². The largest absolute Gasteiger partial charge is 0.481 e. The molecule has 4 nitrogen and oxygen atoms in total. The quantitative estimate of drug-likeness (QED) is 0.623. The summed E-state index contributed by atoms with van der Waals surface area (Å²) in [4.78, 5) is 24.6. The number of carbonyl (C=O) groups excluding carboxylic acids is 1. The van der Waals surface area contributed by atoms with Crippen LogP contribution in [-0.2, 0) is 9.59 Å². The first-order valence-electron chi connectivity index (χ1n) is 7.41. The molecule has 22 heavy (non-hydrogen) atoms. The van der Waals surface area contributed by atoms with E-state index in [0.717, 1.165) is 29.7 Å². The minimum Gasteiger partial charge on any atom is -0.481 e. The molecule has 0 heterocycles. The predicted octanol–water partition coefficient (Wildman–Crippen LogP) is 3.40. The number of amides is 1. The number of carbonyl (C=O) groups is 2. The van der Waals surface area contributed by atoms with Crippen LogP contribution in [0.4, 0.5) is 0 Å². The Morgan fingerprint density at radius 3 is 2.59 bits per heavy atom. The molecular weight excluding hydrogens is 298 g/mol. The summed E-state index contributed by atoms with van der Waals surface area (Å²) in [6.45, 7) is 0. The molecule has 2 rings (SSSR count). The van der Waals surface area contributed by atoms with E-state index < -0.39 is 12.0 Å². The fraction of sp³-hybridized carbons (Fsp3) is 0.412. The number of carboxylic acid groups (broad SMARTS) is 1. The fourth-order valence-corrected chi connectivity index (χ4v) is 2.99. The van der Waals surface area contributed by atoms with Gasteiger partial charge in [-0.2, -0.15) is 0 Å². The standard InChI is InChI=1S/C17H21NO3S/c1-22-14-9-7-12(8-10-14)15(11-16(19)20)18-17(21)13-5-3-2-4-6-13/h2-3,7-10,13,15H,4-6,11H2,1H3,(H,18,21)(H,19,20)/t13-,15-/m1/s1. The van der Waals surface area contributed by atoms with Crippen LogP contribution in [0.25, 0.3) is 0 Å². The van der Waals surface area contributed by atoms with Crippen molar-refractivity contribution in [1.82, 2.24) is 5.32 Å². The molecule has 0 aliphatic heterocycles. The van der Waals surface area contributed by atoms with Gasteiger partial charge in [-0.1, -0.05) is 24.3 Å². The molecule has 0 fully saturated rings. The van der Waals surface area contributed by atoms with E-state index in [1.165, 1.54) is 0 Å². The lowest BCUT2D eigenvalue weighted by molar-refractivity contribution is -0.138. The van der Waals surface area contributed by atoms with Gasteiger partial charge in [-0.3, -0.25) is 9.59 Å². The summed E-state index contributed by atoms with van der Waals surface area (Å²) in [5, 5.41) is 12.0. The second-order valence-electron chi connectivity index (χ2n) is 5.41. The molecule has 2 atom stereocenters. The van der Waals surface area contributed by atoms with Crippen LogP contribution in [0.15, 0.2) is 41.3 Å². The summed E-state index contributed by atoms with van der Waals surface area (Å²) in [6, 6.07) is 7.20. The van der Waals surface area contributed by atoms with Crippen molar-refractivity contribution in [2.24, 2.45) is 5.92 Å². The molecule has 0 spiro atoms. The van der Waals surface area contributed by atoms with Crippen LogP contribution in [0.1, 0.15) is 37.3 Å². The maximum Gasteiger partial charge on any atom is 0.305 e. The second-order valence-corrected chi connectivity index (χ2v) is 6.29. The third kappa shape index (κ3) is 4.63. The zero-order valence-electron chi connectivity index (χ0n) is 12.6. The van der Waals surface area contributed by atoms with Gasteiger partial charge in [0.15, 0.2) is 0 Å². The van der Waals surface area contributed by atoms with Crippen molar-refractivity contribution in [3.8, 4) is 0 Å². The van der Waals surface area contributed by atoms with Crippen LogP contribution < -0.4 is 5.32 Å². The predicted molar refractivity (Wildman–Crippen MR) is 87.8 cm³/mol. The monoisotopic (exact) mass is 319 g/mol. The van der Waals surface area contributed by atoms with E-state index in [1.54, 1.807) is 11.8 Å². The third-order valence-electron chi connectivity index (χ3n) is 3.85. The Bertz CT molecular complexity index is 554. The van der Waals surface area contributed by atoms with Crippen molar-refractivity contribution < 1.29 is 14.7 Å². The lowest BCUT2D eigenvalue weighted by atomic mass is 9.92. The van der Waals surface area contributed by atoms with Crippen molar-refractivity contribution in [2.45, 2.75) is 36.6 Å². The highest BCUT2D eigenvalue weighted by Crippen LogP contribution is 2.24. The Morgan fingerprint density at radius 2 is 2.05 bits per heavy atom. The second kappa shape index (κ2) is 8.03. The SMILES string of the molecule is CSc1ccc([C@@H](CC(=O)O)NC(=O)[C@@H]2CC=CCC2)cc1. The number of allylic oxidation sites excluding steroid dienone is 2. The summed E-state index contributed by atoms with van der Waals surface area (Å²) in [6.07, 6.45) is 8.45. The van der Waals surface area contributed by atoms with Crippen LogP contribution in [0, 0.1) is 5.92 Å². The summed E-state index contributed by atoms with van der Waals surface area (Å²) in [5.41, 5.74) is 0.833. The zero-order chi connectivity index (χ0) is 15.9. The van der Waals surface area contributed by atoms with E-state index in [9.17, 15) is 9.59 Å². The van der Waals surface area contributed by atoms with Crippen LogP contribution in [0.5, 0.6) is 0 Å². The molecule has 5 heteroatoms. The summed E-state index contributed by atoms with van der Waals surface area (Å²) in [7, 11) is 0. The van der Waals surface area contributed by atoms with Crippen LogP contribution in [0.3, 0.4) is 0 Å². The highest BCUT2D eigenvalue weighted by Gasteiger charge is 2.23. The van der Waals surface area contributed by atoms with Gasteiger partial charge in [-0.15, -0.1) is 11.8 Å². The minimum absolute atomic E-state index is 0.0493. The normalized spacial score (nSPS) is 18.7. The van der Waals surface area contributed by atoms with Crippen LogP contribution in [-0.4, -0.2) is 23.2 Å². The number of hydrogen-bond donors (Lipinski definition) is 2. The summed E-state index contributed by atoms with van der Waals surface area (Å²) in [5.74, 6) is -1.01. The number of carboxylic acids is 1. The molecule has 1 aromatic carbocycles. The fourth-order valence-electron chi connectivity index (χ4n) is 2.58. The Balaban J connectivity index is 2.09. The zero-order valence-corrected chi connectivity index (χ0v) is 13.4. The molecule has 2 N–H and O–H groups in total. The van der Waals surface area contributed by atoms with E-state index in [4.69, 9.17) is 5.11 Å². The first-order valence-corrected chi connectivity index (χ1v) is 8.63. The van der Waals surface area contributed by atoms with Gasteiger partial charge in [-0.05, 0) is 43.2 Å². The maximum absolute atomic E-state index is 12.3. The molecule has 0 aromatic heterocycles. The van der Waals surface area contributed by atoms with Crippen molar-refractivity contribution in [3.63, 3.8) is 0 Å². The molecule has 1 aliphatic rings. The Morgan fingerprint density at radius 1 is 1.32 bits per heavy atom. The number of hydrogen-bond acceptors (Lipinski definition) is 3. The third-order valence-corrected chi connectivity index (χ3v) is 4.60. The number of benzene rings is 1. The van der Waals surface area contributed by atoms with E-state index in [-0.39, 0.29) is 18.2 Å². The molecule has 1 aromatic rings. The van der Waals surface area contributed by atoms with Gasteiger partial charge in [0.05, 0.1) is 12.5 Å².